The molecule has 2 rings (SSSR count). The summed E-state index contributed by atoms with van der Waals surface area (Å²) in [6.45, 7) is 2.05. The van der Waals surface area contributed by atoms with Crippen molar-refractivity contribution in [2.45, 2.75) is 24.3 Å². The monoisotopic (exact) mass is 317 g/mol. The maximum absolute atomic E-state index is 12.4. The highest BCUT2D eigenvalue weighted by atomic mass is 32.2. The fourth-order valence-electron chi connectivity index (χ4n) is 1.63. The molecule has 0 aliphatic heterocycles. The summed E-state index contributed by atoms with van der Waals surface area (Å²) in [5.74, 6) is 0. The molecule has 0 aliphatic carbocycles. The number of aliphatic hydroxyl groups is 1. The van der Waals surface area contributed by atoms with E-state index in [4.69, 9.17) is 5.11 Å². The molecule has 0 bridgehead atoms. The topological polar surface area (TPSA) is 57.6 Å². The van der Waals surface area contributed by atoms with Crippen molar-refractivity contribution in [3.05, 3.63) is 38.9 Å². The predicted octanol–water partition coefficient (Wildman–Crippen LogP) is 2.43. The lowest BCUT2D eigenvalue weighted by atomic mass is 10.3. The highest BCUT2D eigenvalue weighted by Crippen LogP contribution is 2.28. The van der Waals surface area contributed by atoms with Gasteiger partial charge in [0.1, 0.15) is 4.21 Å². The molecule has 4 nitrogen and oxygen atoms in total. The average molecular weight is 317 g/mol. The maximum Gasteiger partial charge on any atom is 0.252 e. The van der Waals surface area contributed by atoms with Crippen LogP contribution in [0.25, 0.3) is 0 Å². The number of sulfonamides is 1. The van der Waals surface area contributed by atoms with Crippen molar-refractivity contribution in [3.8, 4) is 0 Å². The Kier molecular flexibility index (Phi) is 4.42. The molecule has 2 heterocycles. The third kappa shape index (κ3) is 3.06. The second kappa shape index (κ2) is 5.72. The molecular formula is C12H15NO3S3. The first-order valence-electron chi connectivity index (χ1n) is 5.64. The van der Waals surface area contributed by atoms with Crippen LogP contribution in [0.3, 0.4) is 0 Å². The van der Waals surface area contributed by atoms with Gasteiger partial charge in [-0.15, -0.1) is 22.7 Å². The fraction of sp³-hybridized carbons (Fsp3) is 0.333. The van der Waals surface area contributed by atoms with E-state index in [0.29, 0.717) is 11.4 Å². The first kappa shape index (κ1) is 14.7. The highest BCUT2D eigenvalue weighted by molar-refractivity contribution is 7.91. The van der Waals surface area contributed by atoms with Gasteiger partial charge in [0.05, 0.1) is 6.61 Å². The van der Waals surface area contributed by atoms with Crippen LogP contribution in [-0.4, -0.2) is 24.9 Å². The van der Waals surface area contributed by atoms with Crippen LogP contribution in [0.15, 0.2) is 27.8 Å². The van der Waals surface area contributed by atoms with Gasteiger partial charge in [0.15, 0.2) is 0 Å². The second-order valence-corrected chi connectivity index (χ2v) is 8.61. The van der Waals surface area contributed by atoms with Crippen LogP contribution in [0.5, 0.6) is 0 Å². The summed E-state index contributed by atoms with van der Waals surface area (Å²) in [6.07, 6.45) is 0. The van der Waals surface area contributed by atoms with Crippen molar-refractivity contribution in [1.29, 1.82) is 0 Å². The van der Waals surface area contributed by atoms with Crippen LogP contribution in [0.2, 0.25) is 0 Å². The Hall–Kier alpha value is -0.730. The molecular weight excluding hydrogens is 302 g/mol. The molecule has 7 heteroatoms. The van der Waals surface area contributed by atoms with Crippen LogP contribution >= 0.6 is 22.7 Å². The standard InChI is InChI=1S/C12H15NO3S3/c1-9-6-12(18-11(9)8-14)19(15,16)13(2)7-10-4-3-5-17-10/h3-6,14H,7-8H2,1-2H3. The molecule has 0 amide bonds. The average Bonchev–Trinajstić information content (AvgIpc) is 2.98. The normalized spacial score (nSPS) is 12.2. The molecule has 104 valence electrons. The van der Waals surface area contributed by atoms with Crippen LogP contribution in [0, 0.1) is 6.92 Å². The Bertz CT molecular complexity index is 644. The second-order valence-electron chi connectivity index (χ2n) is 4.17. The zero-order valence-corrected chi connectivity index (χ0v) is 13.1. The van der Waals surface area contributed by atoms with E-state index in [-0.39, 0.29) is 10.8 Å². The summed E-state index contributed by atoms with van der Waals surface area (Å²) in [4.78, 5) is 1.70. The molecule has 0 spiro atoms. The Balaban J connectivity index is 2.25. The zero-order valence-electron chi connectivity index (χ0n) is 10.7. The van der Waals surface area contributed by atoms with Gasteiger partial charge in [-0.05, 0) is 30.0 Å². The molecule has 0 saturated heterocycles. The van der Waals surface area contributed by atoms with Crippen LogP contribution in [0.1, 0.15) is 15.3 Å². The van der Waals surface area contributed by atoms with Gasteiger partial charge in [-0.25, -0.2) is 8.42 Å². The van der Waals surface area contributed by atoms with E-state index in [2.05, 4.69) is 0 Å². The Morgan fingerprint density at radius 3 is 2.68 bits per heavy atom. The quantitative estimate of drug-likeness (QED) is 0.921. The third-order valence-corrected chi connectivity index (χ3v) is 7.10. The van der Waals surface area contributed by atoms with Gasteiger partial charge < -0.3 is 5.11 Å². The number of aryl methyl sites for hydroxylation is 1. The first-order valence-corrected chi connectivity index (χ1v) is 8.77. The minimum atomic E-state index is -3.48. The van der Waals surface area contributed by atoms with Gasteiger partial charge in [0.2, 0.25) is 0 Å². The summed E-state index contributed by atoms with van der Waals surface area (Å²) < 4.78 is 26.4. The van der Waals surface area contributed by atoms with E-state index in [0.717, 1.165) is 21.8 Å². The molecule has 19 heavy (non-hydrogen) atoms. The van der Waals surface area contributed by atoms with E-state index in [1.54, 1.807) is 20.0 Å². The Morgan fingerprint density at radius 1 is 1.42 bits per heavy atom. The molecule has 0 saturated carbocycles. The SMILES string of the molecule is Cc1cc(S(=O)(=O)N(C)Cc2cccs2)sc1CO. The molecule has 0 fully saturated rings. The highest BCUT2D eigenvalue weighted by Gasteiger charge is 2.24. The third-order valence-electron chi connectivity index (χ3n) is 2.76. The Labute approximate surface area is 121 Å². The van der Waals surface area contributed by atoms with Gasteiger partial charge in [-0.3, -0.25) is 0 Å². The summed E-state index contributed by atoms with van der Waals surface area (Å²) >= 11 is 2.66. The number of aliphatic hydroxyl groups excluding tert-OH is 1. The largest absolute Gasteiger partial charge is 0.391 e. The van der Waals surface area contributed by atoms with Crippen molar-refractivity contribution in [2.24, 2.45) is 0 Å². The van der Waals surface area contributed by atoms with Crippen molar-refractivity contribution in [1.82, 2.24) is 4.31 Å². The number of nitrogens with zero attached hydrogens (tertiary/aromatic N) is 1. The van der Waals surface area contributed by atoms with E-state index in [9.17, 15) is 8.42 Å². The predicted molar refractivity (Wildman–Crippen MR) is 78.0 cm³/mol. The summed E-state index contributed by atoms with van der Waals surface area (Å²) in [5.41, 5.74) is 0.815. The van der Waals surface area contributed by atoms with E-state index < -0.39 is 10.0 Å². The van der Waals surface area contributed by atoms with Gasteiger partial charge >= 0.3 is 0 Å². The molecule has 0 unspecified atom stereocenters. The molecule has 0 atom stereocenters. The summed E-state index contributed by atoms with van der Waals surface area (Å²) in [7, 11) is -1.91. The molecule has 1 N–H and O–H groups in total. The van der Waals surface area contributed by atoms with E-state index in [1.807, 2.05) is 17.5 Å². The van der Waals surface area contributed by atoms with Crippen molar-refractivity contribution in [3.63, 3.8) is 0 Å². The lowest BCUT2D eigenvalue weighted by Gasteiger charge is -2.14. The van der Waals surface area contributed by atoms with Crippen LogP contribution < -0.4 is 0 Å². The number of hydrogen-bond donors (Lipinski definition) is 1. The number of rotatable bonds is 5. The summed E-state index contributed by atoms with van der Waals surface area (Å²) in [6, 6.07) is 5.44. The van der Waals surface area contributed by atoms with Crippen LogP contribution in [0.4, 0.5) is 0 Å². The molecule has 0 aromatic carbocycles. The van der Waals surface area contributed by atoms with E-state index in [1.165, 1.54) is 15.6 Å². The first-order chi connectivity index (χ1) is 8.95. The minimum absolute atomic E-state index is 0.124. The lowest BCUT2D eigenvalue weighted by molar-refractivity contribution is 0.285. The van der Waals surface area contributed by atoms with Crippen LogP contribution in [-0.2, 0) is 23.2 Å². The van der Waals surface area contributed by atoms with Gasteiger partial charge in [-0.2, -0.15) is 4.31 Å². The number of thiophene rings is 2. The van der Waals surface area contributed by atoms with E-state index >= 15 is 0 Å². The molecule has 2 aromatic rings. The van der Waals surface area contributed by atoms with Crippen molar-refractivity contribution in [2.75, 3.05) is 7.05 Å². The fourth-order valence-corrected chi connectivity index (χ4v) is 5.28. The maximum atomic E-state index is 12.4. The van der Waals surface area contributed by atoms with Gasteiger partial charge in [0.25, 0.3) is 10.0 Å². The Morgan fingerprint density at radius 2 is 2.16 bits per heavy atom. The molecule has 0 aliphatic rings. The number of hydrogen-bond acceptors (Lipinski definition) is 5. The minimum Gasteiger partial charge on any atom is -0.391 e. The van der Waals surface area contributed by atoms with Crippen molar-refractivity contribution < 1.29 is 13.5 Å². The summed E-state index contributed by atoms with van der Waals surface area (Å²) in [5, 5.41) is 11.1. The van der Waals surface area contributed by atoms with Gasteiger partial charge in [0, 0.05) is 23.3 Å². The molecule has 0 radical (unpaired) electrons. The smallest absolute Gasteiger partial charge is 0.252 e. The van der Waals surface area contributed by atoms with Crippen molar-refractivity contribution >= 4 is 32.7 Å². The zero-order chi connectivity index (χ0) is 14.0. The lowest BCUT2D eigenvalue weighted by Crippen LogP contribution is -2.25. The molecule has 2 aromatic heterocycles. The van der Waals surface area contributed by atoms with Gasteiger partial charge in [-0.1, -0.05) is 6.07 Å².